The van der Waals surface area contributed by atoms with Gasteiger partial charge in [0.2, 0.25) is 5.91 Å². The predicted octanol–water partition coefficient (Wildman–Crippen LogP) is 3.89. The van der Waals surface area contributed by atoms with Gasteiger partial charge in [0.05, 0.1) is 23.5 Å². The van der Waals surface area contributed by atoms with Crippen LogP contribution in [0.4, 0.5) is 13.2 Å². The predicted molar refractivity (Wildman–Crippen MR) is 84.7 cm³/mol. The Kier molecular flexibility index (Phi) is 4.27. The number of nitrogens with zero attached hydrogens (tertiary/aromatic N) is 3. The first kappa shape index (κ1) is 16.8. The maximum atomic E-state index is 12.2. The van der Waals surface area contributed by atoms with Gasteiger partial charge < -0.3 is 9.47 Å². The number of halogens is 3. The van der Waals surface area contributed by atoms with E-state index in [2.05, 4.69) is 23.4 Å². The third-order valence-electron chi connectivity index (χ3n) is 4.34. The summed E-state index contributed by atoms with van der Waals surface area (Å²) in [5, 5.41) is 0. The molecule has 4 nitrogen and oxygen atoms in total. The second-order valence-electron chi connectivity index (χ2n) is 6.55. The van der Waals surface area contributed by atoms with Crippen molar-refractivity contribution in [2.45, 2.75) is 44.8 Å². The monoisotopic (exact) mass is 339 g/mol. The van der Waals surface area contributed by atoms with Crippen molar-refractivity contribution >= 4 is 16.9 Å². The summed E-state index contributed by atoms with van der Waals surface area (Å²) in [6, 6.07) is 7.88. The van der Waals surface area contributed by atoms with E-state index in [9.17, 15) is 18.0 Å². The lowest BCUT2D eigenvalue weighted by atomic mass is 10.1. The number of aromatic nitrogens is 2. The zero-order valence-electron chi connectivity index (χ0n) is 13.7. The highest BCUT2D eigenvalue weighted by molar-refractivity contribution is 5.78. The molecule has 2 heterocycles. The van der Waals surface area contributed by atoms with Crippen LogP contribution < -0.4 is 0 Å². The van der Waals surface area contributed by atoms with Crippen molar-refractivity contribution in [1.29, 1.82) is 0 Å². The first-order valence-corrected chi connectivity index (χ1v) is 8.07. The minimum absolute atomic E-state index is 0.0737. The number of hydrogen-bond acceptors (Lipinski definition) is 2. The molecule has 2 aromatic rings. The van der Waals surface area contributed by atoms with E-state index < -0.39 is 24.9 Å². The van der Waals surface area contributed by atoms with Gasteiger partial charge in [-0.05, 0) is 12.1 Å². The van der Waals surface area contributed by atoms with E-state index in [1.54, 1.807) is 0 Å². The summed E-state index contributed by atoms with van der Waals surface area (Å²) in [6.45, 7) is 5.00. The Hall–Kier alpha value is -2.05. The number of alkyl halides is 3. The number of amides is 1. The molecule has 0 unspecified atom stereocenters. The van der Waals surface area contributed by atoms with Gasteiger partial charge in [-0.15, -0.1) is 0 Å². The van der Waals surface area contributed by atoms with E-state index in [0.717, 1.165) is 16.9 Å². The Balaban J connectivity index is 1.73. The molecule has 24 heavy (non-hydrogen) atoms. The van der Waals surface area contributed by atoms with Gasteiger partial charge in [-0.1, -0.05) is 26.0 Å². The van der Waals surface area contributed by atoms with Crippen LogP contribution in [0.5, 0.6) is 0 Å². The molecule has 1 saturated heterocycles. The van der Waals surface area contributed by atoms with E-state index >= 15 is 0 Å². The highest BCUT2D eigenvalue weighted by atomic mass is 19.4. The smallest absolute Gasteiger partial charge is 0.338 e. The summed E-state index contributed by atoms with van der Waals surface area (Å²) in [6.07, 6.45) is -5.82. The van der Waals surface area contributed by atoms with Crippen LogP contribution >= 0.6 is 0 Å². The number of imidazole rings is 1. The number of rotatable bonds is 4. The molecule has 0 aliphatic carbocycles. The number of para-hydroxylation sites is 2. The molecule has 0 radical (unpaired) electrons. The quantitative estimate of drug-likeness (QED) is 0.848. The van der Waals surface area contributed by atoms with Crippen molar-refractivity contribution < 1.29 is 18.0 Å². The Bertz CT molecular complexity index is 745. The summed E-state index contributed by atoms with van der Waals surface area (Å²) in [5.41, 5.74) is 1.91. The van der Waals surface area contributed by atoms with Gasteiger partial charge in [-0.2, -0.15) is 13.2 Å². The topological polar surface area (TPSA) is 38.1 Å². The second kappa shape index (κ2) is 6.11. The van der Waals surface area contributed by atoms with Crippen LogP contribution in [-0.4, -0.2) is 39.6 Å². The van der Waals surface area contributed by atoms with Crippen molar-refractivity contribution in [2.24, 2.45) is 0 Å². The number of carbonyl (C=O) groups is 1. The zero-order valence-corrected chi connectivity index (χ0v) is 13.7. The molecule has 0 bridgehead atoms. The molecule has 1 amide bonds. The normalized spacial score (nSPS) is 16.0. The van der Waals surface area contributed by atoms with Gasteiger partial charge in [-0.3, -0.25) is 4.79 Å². The Morgan fingerprint density at radius 2 is 1.96 bits per heavy atom. The van der Waals surface area contributed by atoms with Crippen LogP contribution in [0.1, 0.15) is 44.5 Å². The first-order valence-electron chi connectivity index (χ1n) is 8.07. The van der Waals surface area contributed by atoms with Crippen molar-refractivity contribution in [1.82, 2.24) is 14.5 Å². The number of hydrogen-bond donors (Lipinski definition) is 0. The van der Waals surface area contributed by atoms with E-state index in [-0.39, 0.29) is 12.0 Å². The van der Waals surface area contributed by atoms with Crippen LogP contribution in [0.3, 0.4) is 0 Å². The standard InChI is InChI=1S/C17H20F3N3O/c1-11(2)16-21-13-5-3-4-6-14(13)23(16)12-9-22(10-12)15(24)7-8-17(18,19)20/h3-6,11-12H,7-10H2,1-2H3. The molecule has 0 saturated carbocycles. The molecule has 0 N–H and O–H groups in total. The van der Waals surface area contributed by atoms with E-state index in [1.807, 2.05) is 24.3 Å². The molecule has 130 valence electrons. The minimum Gasteiger partial charge on any atom is -0.338 e. The van der Waals surface area contributed by atoms with Crippen LogP contribution in [0, 0.1) is 0 Å². The zero-order chi connectivity index (χ0) is 17.5. The fourth-order valence-electron chi connectivity index (χ4n) is 3.08. The van der Waals surface area contributed by atoms with E-state index in [0.29, 0.717) is 13.1 Å². The highest BCUT2D eigenvalue weighted by Crippen LogP contribution is 2.32. The fourth-order valence-corrected chi connectivity index (χ4v) is 3.08. The summed E-state index contributed by atoms with van der Waals surface area (Å²) in [7, 11) is 0. The largest absolute Gasteiger partial charge is 0.389 e. The first-order chi connectivity index (χ1) is 11.3. The minimum atomic E-state index is -4.29. The molecule has 1 aliphatic heterocycles. The van der Waals surface area contributed by atoms with E-state index in [1.165, 1.54) is 4.90 Å². The van der Waals surface area contributed by atoms with Gasteiger partial charge in [0.25, 0.3) is 0 Å². The van der Waals surface area contributed by atoms with Gasteiger partial charge in [0.1, 0.15) is 5.82 Å². The third-order valence-corrected chi connectivity index (χ3v) is 4.34. The Morgan fingerprint density at radius 3 is 2.58 bits per heavy atom. The lowest BCUT2D eigenvalue weighted by Crippen LogP contribution is -2.51. The maximum Gasteiger partial charge on any atom is 0.389 e. The molecule has 1 aliphatic rings. The Morgan fingerprint density at radius 1 is 1.29 bits per heavy atom. The molecular formula is C17H20F3N3O. The van der Waals surface area contributed by atoms with Crippen molar-refractivity contribution in [3.63, 3.8) is 0 Å². The number of benzene rings is 1. The SMILES string of the molecule is CC(C)c1nc2ccccc2n1C1CN(C(=O)CCC(F)(F)F)C1. The van der Waals surface area contributed by atoms with Crippen LogP contribution in [0.2, 0.25) is 0 Å². The number of likely N-dealkylation sites (tertiary alicyclic amines) is 1. The van der Waals surface area contributed by atoms with Crippen LogP contribution in [0.25, 0.3) is 11.0 Å². The van der Waals surface area contributed by atoms with Gasteiger partial charge in [0, 0.05) is 25.4 Å². The van der Waals surface area contributed by atoms with Gasteiger partial charge in [0.15, 0.2) is 0 Å². The average molecular weight is 339 g/mol. The highest BCUT2D eigenvalue weighted by Gasteiger charge is 2.36. The fraction of sp³-hybridized carbons (Fsp3) is 0.529. The lowest BCUT2D eigenvalue weighted by molar-refractivity contribution is -0.152. The van der Waals surface area contributed by atoms with E-state index in [4.69, 9.17) is 0 Å². The molecule has 0 atom stereocenters. The Labute approximate surface area is 138 Å². The van der Waals surface area contributed by atoms with Crippen molar-refractivity contribution in [3.05, 3.63) is 30.1 Å². The molecule has 0 spiro atoms. The van der Waals surface area contributed by atoms with Gasteiger partial charge >= 0.3 is 6.18 Å². The summed E-state index contributed by atoms with van der Waals surface area (Å²) >= 11 is 0. The van der Waals surface area contributed by atoms with Crippen LogP contribution in [-0.2, 0) is 4.79 Å². The number of fused-ring (bicyclic) bond motifs is 1. The van der Waals surface area contributed by atoms with Crippen molar-refractivity contribution in [2.75, 3.05) is 13.1 Å². The number of carbonyl (C=O) groups excluding carboxylic acids is 1. The summed E-state index contributed by atoms with van der Waals surface area (Å²) in [4.78, 5) is 18.0. The lowest BCUT2D eigenvalue weighted by Gasteiger charge is -2.41. The van der Waals surface area contributed by atoms with Gasteiger partial charge in [-0.25, -0.2) is 4.98 Å². The molecule has 1 aromatic heterocycles. The average Bonchev–Trinajstić information content (AvgIpc) is 2.83. The molecular weight excluding hydrogens is 319 g/mol. The van der Waals surface area contributed by atoms with Crippen LogP contribution in [0.15, 0.2) is 24.3 Å². The summed E-state index contributed by atoms with van der Waals surface area (Å²) in [5.74, 6) is 0.745. The third kappa shape index (κ3) is 3.25. The maximum absolute atomic E-state index is 12.2. The molecule has 3 rings (SSSR count). The van der Waals surface area contributed by atoms with Crippen molar-refractivity contribution in [3.8, 4) is 0 Å². The molecule has 1 fully saturated rings. The second-order valence-corrected chi connectivity index (χ2v) is 6.55. The molecule has 7 heteroatoms. The molecule has 1 aromatic carbocycles. The summed E-state index contributed by atoms with van der Waals surface area (Å²) < 4.78 is 38.8.